The lowest BCUT2D eigenvalue weighted by molar-refractivity contribution is 0.267. The first-order chi connectivity index (χ1) is 8.72. The van der Waals surface area contributed by atoms with E-state index >= 15 is 0 Å². The number of thioether (sulfide) groups is 1. The fourth-order valence-corrected chi connectivity index (χ4v) is 3.39. The summed E-state index contributed by atoms with van der Waals surface area (Å²) in [4.78, 5) is 0. The van der Waals surface area contributed by atoms with Crippen LogP contribution in [-0.4, -0.2) is 28.8 Å². The summed E-state index contributed by atoms with van der Waals surface area (Å²) in [6.07, 6.45) is 1.20. The number of anilines is 1. The summed E-state index contributed by atoms with van der Waals surface area (Å²) < 4.78 is 5.48. The zero-order valence-corrected chi connectivity index (χ0v) is 11.8. The largest absolute Gasteiger partial charge is 0.494 e. The number of rotatable bonds is 5. The highest BCUT2D eigenvalue weighted by atomic mass is 32.2. The molecule has 0 aliphatic carbocycles. The molecule has 100 valence electrons. The average molecular weight is 267 g/mol. The maximum absolute atomic E-state index is 9.36. The van der Waals surface area contributed by atoms with E-state index < -0.39 is 0 Å². The van der Waals surface area contributed by atoms with Crippen molar-refractivity contribution in [2.75, 3.05) is 17.7 Å². The van der Waals surface area contributed by atoms with Gasteiger partial charge in [0.25, 0.3) is 0 Å². The molecule has 2 atom stereocenters. The van der Waals surface area contributed by atoms with Crippen molar-refractivity contribution in [1.82, 2.24) is 0 Å². The van der Waals surface area contributed by atoms with Gasteiger partial charge in [-0.25, -0.2) is 0 Å². The van der Waals surface area contributed by atoms with Gasteiger partial charge in [-0.3, -0.25) is 0 Å². The molecular formula is C14H21NO2S. The Bertz CT molecular complexity index is 397. The van der Waals surface area contributed by atoms with Crippen molar-refractivity contribution >= 4 is 17.4 Å². The average Bonchev–Trinajstić information content (AvgIpc) is 2.77. The predicted molar refractivity (Wildman–Crippen MR) is 77.5 cm³/mol. The van der Waals surface area contributed by atoms with Gasteiger partial charge >= 0.3 is 0 Å². The number of hydrogen-bond acceptors (Lipinski definition) is 4. The monoisotopic (exact) mass is 267 g/mol. The topological polar surface area (TPSA) is 41.5 Å². The SMILES string of the molecule is CCOc1ccc(NC2CSC(C)C2)cc1CO. The maximum Gasteiger partial charge on any atom is 0.124 e. The van der Waals surface area contributed by atoms with E-state index in [1.165, 1.54) is 6.42 Å². The van der Waals surface area contributed by atoms with Gasteiger partial charge in [0.05, 0.1) is 13.2 Å². The van der Waals surface area contributed by atoms with Gasteiger partial charge in [0, 0.05) is 28.3 Å². The summed E-state index contributed by atoms with van der Waals surface area (Å²) in [6.45, 7) is 4.85. The summed E-state index contributed by atoms with van der Waals surface area (Å²) >= 11 is 2.01. The zero-order chi connectivity index (χ0) is 13.0. The molecule has 4 heteroatoms. The van der Waals surface area contributed by atoms with Crippen LogP contribution in [0.5, 0.6) is 5.75 Å². The minimum absolute atomic E-state index is 0.0146. The Kier molecular flexibility index (Phi) is 4.78. The Morgan fingerprint density at radius 1 is 1.50 bits per heavy atom. The molecule has 0 aromatic heterocycles. The summed E-state index contributed by atoms with van der Waals surface area (Å²) in [6, 6.07) is 6.48. The molecule has 1 aliphatic rings. The van der Waals surface area contributed by atoms with Gasteiger partial charge in [-0.05, 0) is 31.5 Å². The molecule has 0 bridgehead atoms. The second-order valence-corrected chi connectivity index (χ2v) is 6.11. The van der Waals surface area contributed by atoms with Crippen LogP contribution in [0.4, 0.5) is 5.69 Å². The van der Waals surface area contributed by atoms with E-state index in [0.29, 0.717) is 12.6 Å². The molecule has 18 heavy (non-hydrogen) atoms. The third-order valence-corrected chi connectivity index (χ3v) is 4.46. The molecule has 2 rings (SSSR count). The van der Waals surface area contributed by atoms with Crippen molar-refractivity contribution in [2.45, 2.75) is 38.2 Å². The lowest BCUT2D eigenvalue weighted by Gasteiger charge is -2.16. The first-order valence-corrected chi connectivity index (χ1v) is 7.52. The van der Waals surface area contributed by atoms with Crippen LogP contribution in [0.2, 0.25) is 0 Å². The van der Waals surface area contributed by atoms with Crippen LogP contribution in [0, 0.1) is 0 Å². The van der Waals surface area contributed by atoms with E-state index in [1.54, 1.807) is 0 Å². The summed E-state index contributed by atoms with van der Waals surface area (Å²) in [7, 11) is 0. The molecule has 1 saturated heterocycles. The zero-order valence-electron chi connectivity index (χ0n) is 11.0. The van der Waals surface area contributed by atoms with Crippen LogP contribution >= 0.6 is 11.8 Å². The van der Waals surface area contributed by atoms with Crippen LogP contribution in [-0.2, 0) is 6.61 Å². The number of benzene rings is 1. The van der Waals surface area contributed by atoms with Crippen LogP contribution < -0.4 is 10.1 Å². The maximum atomic E-state index is 9.36. The van der Waals surface area contributed by atoms with Gasteiger partial charge < -0.3 is 15.2 Å². The smallest absolute Gasteiger partial charge is 0.124 e. The van der Waals surface area contributed by atoms with Crippen LogP contribution in [0.15, 0.2) is 18.2 Å². The fraction of sp³-hybridized carbons (Fsp3) is 0.571. The van der Waals surface area contributed by atoms with Gasteiger partial charge in [0.15, 0.2) is 0 Å². The van der Waals surface area contributed by atoms with E-state index in [4.69, 9.17) is 4.74 Å². The molecule has 1 aromatic carbocycles. The highest BCUT2D eigenvalue weighted by Gasteiger charge is 2.21. The Morgan fingerprint density at radius 3 is 2.94 bits per heavy atom. The van der Waals surface area contributed by atoms with Gasteiger partial charge in [-0.1, -0.05) is 6.92 Å². The highest BCUT2D eigenvalue weighted by Crippen LogP contribution is 2.30. The summed E-state index contributed by atoms with van der Waals surface area (Å²) in [5.74, 6) is 1.93. The van der Waals surface area contributed by atoms with E-state index in [2.05, 4.69) is 12.2 Å². The second-order valence-electron chi connectivity index (χ2n) is 4.63. The minimum Gasteiger partial charge on any atom is -0.494 e. The molecule has 1 aromatic rings. The normalized spacial score (nSPS) is 23.1. The molecular weight excluding hydrogens is 246 g/mol. The molecule has 2 unspecified atom stereocenters. The molecule has 3 nitrogen and oxygen atoms in total. The second kappa shape index (κ2) is 6.34. The molecule has 1 aliphatic heterocycles. The third-order valence-electron chi connectivity index (χ3n) is 3.10. The van der Waals surface area contributed by atoms with Crippen LogP contribution in [0.3, 0.4) is 0 Å². The third kappa shape index (κ3) is 3.33. The number of aliphatic hydroxyl groups excluding tert-OH is 1. The van der Waals surface area contributed by atoms with Crippen LogP contribution in [0.1, 0.15) is 25.8 Å². The van der Waals surface area contributed by atoms with Crippen molar-refractivity contribution in [1.29, 1.82) is 0 Å². The Balaban J connectivity index is 2.05. The van der Waals surface area contributed by atoms with Gasteiger partial charge in [0.2, 0.25) is 0 Å². The standard InChI is InChI=1S/C14H21NO2S/c1-3-17-14-5-4-12(7-11(14)8-16)15-13-6-10(2)18-9-13/h4-5,7,10,13,15-16H,3,6,8-9H2,1-2H3. The first-order valence-electron chi connectivity index (χ1n) is 6.47. The molecule has 1 heterocycles. The van der Waals surface area contributed by atoms with Gasteiger partial charge in [-0.2, -0.15) is 11.8 Å². The van der Waals surface area contributed by atoms with Crippen molar-refractivity contribution in [2.24, 2.45) is 0 Å². The fourth-order valence-electron chi connectivity index (χ4n) is 2.24. The van der Waals surface area contributed by atoms with E-state index in [1.807, 2.05) is 36.9 Å². The number of nitrogens with one attached hydrogen (secondary N) is 1. The van der Waals surface area contributed by atoms with Gasteiger partial charge in [-0.15, -0.1) is 0 Å². The molecule has 2 N–H and O–H groups in total. The number of hydrogen-bond donors (Lipinski definition) is 2. The highest BCUT2D eigenvalue weighted by molar-refractivity contribution is 8.00. The molecule has 0 spiro atoms. The Morgan fingerprint density at radius 2 is 2.33 bits per heavy atom. The number of aliphatic hydroxyl groups is 1. The Hall–Kier alpha value is -0.870. The summed E-state index contributed by atoms with van der Waals surface area (Å²) in [5.41, 5.74) is 1.92. The molecule has 0 radical (unpaired) electrons. The number of ether oxygens (including phenoxy) is 1. The lowest BCUT2D eigenvalue weighted by atomic mass is 10.1. The molecule has 1 fully saturated rings. The molecule has 0 saturated carbocycles. The van der Waals surface area contributed by atoms with Crippen LogP contribution in [0.25, 0.3) is 0 Å². The predicted octanol–water partition coefficient (Wildman–Crippen LogP) is 2.88. The lowest BCUT2D eigenvalue weighted by Crippen LogP contribution is -2.19. The van der Waals surface area contributed by atoms with Crippen molar-refractivity contribution in [3.8, 4) is 5.75 Å². The minimum atomic E-state index is 0.0146. The van der Waals surface area contributed by atoms with Crippen molar-refractivity contribution < 1.29 is 9.84 Å². The van der Waals surface area contributed by atoms with E-state index in [9.17, 15) is 5.11 Å². The van der Waals surface area contributed by atoms with Crippen molar-refractivity contribution in [3.63, 3.8) is 0 Å². The summed E-state index contributed by atoms with van der Waals surface area (Å²) in [5, 5.41) is 13.6. The molecule has 0 amide bonds. The van der Waals surface area contributed by atoms with Gasteiger partial charge in [0.1, 0.15) is 5.75 Å². The quantitative estimate of drug-likeness (QED) is 0.861. The van der Waals surface area contributed by atoms with E-state index in [-0.39, 0.29) is 6.61 Å². The Labute approximate surface area is 113 Å². The first kappa shape index (κ1) is 13.6. The van der Waals surface area contributed by atoms with Crippen molar-refractivity contribution in [3.05, 3.63) is 23.8 Å². The van der Waals surface area contributed by atoms with E-state index in [0.717, 1.165) is 28.0 Å².